The summed E-state index contributed by atoms with van der Waals surface area (Å²) in [5.41, 5.74) is 6.01. The van der Waals surface area contributed by atoms with E-state index in [1.165, 1.54) is 13.2 Å². The van der Waals surface area contributed by atoms with Crippen molar-refractivity contribution in [2.75, 3.05) is 7.11 Å². The Labute approximate surface area is 151 Å². The molecule has 0 aromatic heterocycles. The molecule has 0 aliphatic heterocycles. The first kappa shape index (κ1) is 17.2. The minimum atomic E-state index is -0.450. The third kappa shape index (κ3) is 3.89. The molecule has 2 amide bonds. The van der Waals surface area contributed by atoms with Crippen molar-refractivity contribution in [3.63, 3.8) is 0 Å². The third-order valence-electron chi connectivity index (χ3n) is 3.89. The third-order valence-corrected chi connectivity index (χ3v) is 3.89. The first-order valence-electron chi connectivity index (χ1n) is 8.08. The number of amides is 2. The number of carbonyl (C=O) groups excluding carboxylic acids is 2. The number of nitrogens with one attached hydrogen (secondary N) is 2. The summed E-state index contributed by atoms with van der Waals surface area (Å²) in [6, 6.07) is 20.6. The van der Waals surface area contributed by atoms with Gasteiger partial charge in [0.2, 0.25) is 0 Å². The summed E-state index contributed by atoms with van der Waals surface area (Å²) in [5, 5.41) is 2.15. The maximum absolute atomic E-state index is 12.1. The molecule has 2 N–H and O–H groups in total. The molecular weight excluding hydrogens is 328 g/mol. The average molecular weight is 346 g/mol. The Balaban J connectivity index is 1.65. The number of methoxy groups -OCH3 is 1. The highest BCUT2D eigenvalue weighted by Crippen LogP contribution is 2.19. The van der Waals surface area contributed by atoms with E-state index in [2.05, 4.69) is 10.9 Å². The minimum Gasteiger partial charge on any atom is -0.496 e. The number of carbonyl (C=O) groups is 2. The number of hydrogen-bond donors (Lipinski definition) is 2. The van der Waals surface area contributed by atoms with Gasteiger partial charge < -0.3 is 4.74 Å². The summed E-state index contributed by atoms with van der Waals surface area (Å²) >= 11 is 0. The summed E-state index contributed by atoms with van der Waals surface area (Å²) in [6.45, 7) is 0. The van der Waals surface area contributed by atoms with Gasteiger partial charge in [-0.05, 0) is 34.5 Å². The zero-order chi connectivity index (χ0) is 18.4. The Morgan fingerprint density at radius 1 is 0.885 bits per heavy atom. The van der Waals surface area contributed by atoms with Gasteiger partial charge in [-0.2, -0.15) is 0 Å². The van der Waals surface area contributed by atoms with Gasteiger partial charge in [-0.3, -0.25) is 20.4 Å². The van der Waals surface area contributed by atoms with E-state index in [4.69, 9.17) is 4.74 Å². The summed E-state index contributed by atoms with van der Waals surface area (Å²) in [6.07, 6.45) is 3.09. The van der Waals surface area contributed by atoms with E-state index in [9.17, 15) is 9.59 Å². The fourth-order valence-electron chi connectivity index (χ4n) is 2.62. The van der Waals surface area contributed by atoms with Gasteiger partial charge in [-0.1, -0.05) is 54.6 Å². The maximum Gasteiger partial charge on any atom is 0.273 e. The molecule has 0 unspecified atom stereocenters. The van der Waals surface area contributed by atoms with Crippen LogP contribution < -0.4 is 15.6 Å². The van der Waals surface area contributed by atoms with Gasteiger partial charge in [-0.25, -0.2) is 0 Å². The lowest BCUT2D eigenvalue weighted by Gasteiger charge is -2.09. The van der Waals surface area contributed by atoms with E-state index in [1.807, 2.05) is 42.5 Å². The molecule has 5 nitrogen and oxygen atoms in total. The second-order valence-electron chi connectivity index (χ2n) is 5.55. The van der Waals surface area contributed by atoms with Gasteiger partial charge in [0.05, 0.1) is 12.7 Å². The van der Waals surface area contributed by atoms with E-state index in [0.717, 1.165) is 16.3 Å². The van der Waals surface area contributed by atoms with E-state index in [1.54, 1.807) is 30.3 Å². The van der Waals surface area contributed by atoms with Crippen molar-refractivity contribution in [1.29, 1.82) is 0 Å². The molecule has 5 heteroatoms. The average Bonchev–Trinajstić information content (AvgIpc) is 2.70. The van der Waals surface area contributed by atoms with Gasteiger partial charge in [0, 0.05) is 6.08 Å². The number of para-hydroxylation sites is 1. The number of ether oxygens (including phenoxy) is 1. The molecule has 26 heavy (non-hydrogen) atoms. The van der Waals surface area contributed by atoms with Crippen LogP contribution in [-0.2, 0) is 4.79 Å². The predicted molar refractivity (Wildman–Crippen MR) is 102 cm³/mol. The lowest BCUT2D eigenvalue weighted by atomic mass is 10.0. The first-order valence-corrected chi connectivity index (χ1v) is 8.08. The molecule has 0 bridgehead atoms. The van der Waals surface area contributed by atoms with Crippen LogP contribution in [0.4, 0.5) is 0 Å². The molecule has 0 heterocycles. The normalized spacial score (nSPS) is 10.7. The van der Waals surface area contributed by atoms with Gasteiger partial charge in [-0.15, -0.1) is 0 Å². The van der Waals surface area contributed by atoms with Crippen molar-refractivity contribution in [2.45, 2.75) is 0 Å². The van der Waals surface area contributed by atoms with Gasteiger partial charge in [0.15, 0.2) is 0 Å². The first-order chi connectivity index (χ1) is 12.7. The Hall–Kier alpha value is -3.60. The van der Waals surface area contributed by atoms with E-state index in [0.29, 0.717) is 11.3 Å². The summed E-state index contributed by atoms with van der Waals surface area (Å²) < 4.78 is 5.13. The van der Waals surface area contributed by atoms with Crippen molar-refractivity contribution in [3.8, 4) is 5.75 Å². The molecule has 0 radical (unpaired) electrons. The summed E-state index contributed by atoms with van der Waals surface area (Å²) in [7, 11) is 1.48. The molecular formula is C21H18N2O3. The van der Waals surface area contributed by atoms with Gasteiger partial charge in [0.1, 0.15) is 5.75 Å². The van der Waals surface area contributed by atoms with Crippen LogP contribution in [0.25, 0.3) is 16.8 Å². The largest absolute Gasteiger partial charge is 0.496 e. The van der Waals surface area contributed by atoms with Crippen LogP contribution in [0.15, 0.2) is 72.8 Å². The fraction of sp³-hybridized carbons (Fsp3) is 0.0476. The minimum absolute atomic E-state index is 0.341. The number of fused-ring (bicyclic) bond motifs is 1. The molecule has 0 atom stereocenters. The second kappa shape index (κ2) is 7.98. The zero-order valence-electron chi connectivity index (χ0n) is 14.2. The molecule has 0 saturated carbocycles. The van der Waals surface area contributed by atoms with E-state index < -0.39 is 11.8 Å². The van der Waals surface area contributed by atoms with Crippen LogP contribution >= 0.6 is 0 Å². The summed E-state index contributed by atoms with van der Waals surface area (Å²) in [5.74, 6) is -0.443. The fourth-order valence-corrected chi connectivity index (χ4v) is 2.62. The highest BCUT2D eigenvalue weighted by molar-refractivity contribution is 6.00. The van der Waals surface area contributed by atoms with Crippen molar-refractivity contribution in [2.24, 2.45) is 0 Å². The SMILES string of the molecule is COc1ccccc1C(=O)NNC(=O)C=Cc1cccc2ccccc12. The topological polar surface area (TPSA) is 67.4 Å². The maximum atomic E-state index is 12.1. The number of hydrogen-bond acceptors (Lipinski definition) is 3. The van der Waals surface area contributed by atoms with E-state index >= 15 is 0 Å². The highest BCUT2D eigenvalue weighted by atomic mass is 16.5. The molecule has 0 aliphatic carbocycles. The molecule has 0 aliphatic rings. The van der Waals surface area contributed by atoms with Crippen LogP contribution in [0.3, 0.4) is 0 Å². The quantitative estimate of drug-likeness (QED) is 0.562. The Morgan fingerprint density at radius 2 is 1.62 bits per heavy atom. The zero-order valence-corrected chi connectivity index (χ0v) is 14.2. The predicted octanol–water partition coefficient (Wildman–Crippen LogP) is 3.32. The lowest BCUT2D eigenvalue weighted by Crippen LogP contribution is -2.40. The molecule has 0 fully saturated rings. The second-order valence-corrected chi connectivity index (χ2v) is 5.55. The molecule has 3 aromatic rings. The highest BCUT2D eigenvalue weighted by Gasteiger charge is 2.11. The standard InChI is InChI=1S/C21H18N2O3/c1-26-19-12-5-4-11-18(19)21(25)23-22-20(24)14-13-16-9-6-8-15-7-2-3-10-17(15)16/h2-14H,1H3,(H,22,24)(H,23,25). The van der Waals surface area contributed by atoms with Crippen LogP contribution in [0.1, 0.15) is 15.9 Å². The van der Waals surface area contributed by atoms with Crippen molar-refractivity contribution >= 4 is 28.7 Å². The Bertz CT molecular complexity index is 974. The number of benzene rings is 3. The molecule has 3 aromatic carbocycles. The number of rotatable bonds is 4. The summed E-state index contributed by atoms with van der Waals surface area (Å²) in [4.78, 5) is 24.1. The number of hydrazine groups is 1. The van der Waals surface area contributed by atoms with Crippen molar-refractivity contribution in [3.05, 3.63) is 83.9 Å². The van der Waals surface area contributed by atoms with E-state index in [-0.39, 0.29) is 0 Å². The molecule has 0 spiro atoms. The molecule has 130 valence electrons. The molecule has 0 saturated heterocycles. The lowest BCUT2D eigenvalue weighted by molar-refractivity contribution is -0.117. The van der Waals surface area contributed by atoms with Crippen LogP contribution in [-0.4, -0.2) is 18.9 Å². The van der Waals surface area contributed by atoms with Gasteiger partial charge in [0.25, 0.3) is 11.8 Å². The molecule has 3 rings (SSSR count). The monoisotopic (exact) mass is 346 g/mol. The van der Waals surface area contributed by atoms with Gasteiger partial charge >= 0.3 is 0 Å². The van der Waals surface area contributed by atoms with Crippen LogP contribution in [0.5, 0.6) is 5.75 Å². The Kier molecular flexibility index (Phi) is 5.29. The van der Waals surface area contributed by atoms with Crippen LogP contribution in [0.2, 0.25) is 0 Å². The smallest absolute Gasteiger partial charge is 0.273 e. The van der Waals surface area contributed by atoms with Crippen molar-refractivity contribution < 1.29 is 14.3 Å². The Morgan fingerprint density at radius 3 is 2.46 bits per heavy atom. The van der Waals surface area contributed by atoms with Crippen molar-refractivity contribution in [1.82, 2.24) is 10.9 Å². The van der Waals surface area contributed by atoms with Crippen LogP contribution in [0, 0.1) is 0 Å².